The monoisotopic (exact) mass is 305 g/mol. The van der Waals surface area contributed by atoms with Gasteiger partial charge in [0, 0.05) is 13.2 Å². The molecule has 5 nitrogen and oxygen atoms in total. The van der Waals surface area contributed by atoms with Crippen LogP contribution < -0.4 is 5.32 Å². The van der Waals surface area contributed by atoms with Crippen molar-refractivity contribution in [3.63, 3.8) is 0 Å². The first kappa shape index (κ1) is 15.4. The van der Waals surface area contributed by atoms with Crippen molar-refractivity contribution in [2.45, 2.75) is 13.0 Å². The third-order valence-electron chi connectivity index (χ3n) is 2.73. The minimum Gasteiger partial charge on any atom is -0.377 e. The zero-order valence-corrected chi connectivity index (χ0v) is 12.2. The van der Waals surface area contributed by atoms with E-state index in [0.717, 1.165) is 12.0 Å². The number of hydrogen-bond donors (Lipinski definition) is 1. The maximum atomic E-state index is 11.7. The quantitative estimate of drug-likeness (QED) is 0.798. The molecule has 0 bridgehead atoms. The van der Waals surface area contributed by atoms with E-state index in [1.54, 1.807) is 0 Å². The predicted molar refractivity (Wildman–Crippen MR) is 80.1 cm³/mol. The van der Waals surface area contributed by atoms with E-state index in [9.17, 15) is 4.79 Å². The number of benzene rings is 1. The molecule has 0 fully saturated rings. The first-order valence-corrected chi connectivity index (χ1v) is 7.02. The van der Waals surface area contributed by atoms with Gasteiger partial charge in [-0.2, -0.15) is 0 Å². The second-order valence-corrected chi connectivity index (χ2v) is 4.78. The Morgan fingerprint density at radius 1 is 1.14 bits per heavy atom. The fourth-order valence-electron chi connectivity index (χ4n) is 1.67. The summed E-state index contributed by atoms with van der Waals surface area (Å²) in [6.07, 6.45) is 0.736. The first-order valence-electron chi connectivity index (χ1n) is 6.65. The average molecular weight is 306 g/mol. The SMILES string of the molecule is O=C(NCCCOCc1ccccc1)c1ccc(Cl)nn1. The Morgan fingerprint density at radius 2 is 1.95 bits per heavy atom. The number of halogens is 1. The molecule has 1 aromatic heterocycles. The summed E-state index contributed by atoms with van der Waals surface area (Å²) in [6.45, 7) is 1.69. The number of amides is 1. The Bertz CT molecular complexity index is 561. The van der Waals surface area contributed by atoms with Gasteiger partial charge in [0.1, 0.15) is 0 Å². The molecule has 2 aromatic rings. The molecule has 6 heteroatoms. The lowest BCUT2D eigenvalue weighted by atomic mass is 10.2. The lowest BCUT2D eigenvalue weighted by molar-refractivity contribution is 0.0929. The number of aromatic nitrogens is 2. The summed E-state index contributed by atoms with van der Waals surface area (Å²) < 4.78 is 5.53. The molecule has 2 rings (SSSR count). The molecule has 0 aliphatic carbocycles. The number of nitrogens with zero attached hydrogens (tertiary/aromatic N) is 2. The Morgan fingerprint density at radius 3 is 2.67 bits per heavy atom. The largest absolute Gasteiger partial charge is 0.377 e. The van der Waals surface area contributed by atoms with Crippen LogP contribution in [-0.2, 0) is 11.3 Å². The molecule has 0 unspecified atom stereocenters. The lowest BCUT2D eigenvalue weighted by Crippen LogP contribution is -2.26. The topological polar surface area (TPSA) is 64.1 Å². The van der Waals surface area contributed by atoms with E-state index in [1.807, 2.05) is 30.3 Å². The van der Waals surface area contributed by atoms with Gasteiger partial charge in [0.15, 0.2) is 10.8 Å². The van der Waals surface area contributed by atoms with Crippen LogP contribution in [0.1, 0.15) is 22.5 Å². The van der Waals surface area contributed by atoms with Gasteiger partial charge in [0.2, 0.25) is 0 Å². The van der Waals surface area contributed by atoms with E-state index < -0.39 is 0 Å². The Hall–Kier alpha value is -1.98. The highest BCUT2D eigenvalue weighted by Crippen LogP contribution is 2.02. The summed E-state index contributed by atoms with van der Waals surface area (Å²) in [4.78, 5) is 11.7. The second kappa shape index (κ2) is 8.34. The number of carbonyl (C=O) groups excluding carboxylic acids is 1. The fraction of sp³-hybridized carbons (Fsp3) is 0.267. The normalized spacial score (nSPS) is 10.3. The van der Waals surface area contributed by atoms with Gasteiger partial charge in [-0.1, -0.05) is 41.9 Å². The molecule has 0 spiro atoms. The molecular weight excluding hydrogens is 290 g/mol. The molecule has 0 radical (unpaired) electrons. The molecule has 0 aliphatic heterocycles. The van der Waals surface area contributed by atoms with E-state index in [4.69, 9.17) is 16.3 Å². The van der Waals surface area contributed by atoms with Crippen LogP contribution in [0, 0.1) is 0 Å². The van der Waals surface area contributed by atoms with Crippen LogP contribution in [0.25, 0.3) is 0 Å². The van der Waals surface area contributed by atoms with Gasteiger partial charge in [-0.3, -0.25) is 4.79 Å². The van der Waals surface area contributed by atoms with Crippen LogP contribution >= 0.6 is 11.6 Å². The van der Waals surface area contributed by atoms with E-state index in [1.165, 1.54) is 12.1 Å². The van der Waals surface area contributed by atoms with Crippen molar-refractivity contribution >= 4 is 17.5 Å². The summed E-state index contributed by atoms with van der Waals surface area (Å²) in [7, 11) is 0. The molecule has 110 valence electrons. The number of carbonyl (C=O) groups is 1. The van der Waals surface area contributed by atoms with E-state index in [0.29, 0.717) is 19.8 Å². The Kier molecular flexibility index (Phi) is 6.12. The van der Waals surface area contributed by atoms with Crippen molar-refractivity contribution in [2.24, 2.45) is 0 Å². The molecular formula is C15H16ClN3O2. The van der Waals surface area contributed by atoms with Crippen LogP contribution in [0.4, 0.5) is 0 Å². The zero-order valence-electron chi connectivity index (χ0n) is 11.5. The molecule has 1 N–H and O–H groups in total. The van der Waals surface area contributed by atoms with E-state index >= 15 is 0 Å². The highest BCUT2D eigenvalue weighted by molar-refractivity contribution is 6.29. The van der Waals surface area contributed by atoms with E-state index in [2.05, 4.69) is 15.5 Å². The van der Waals surface area contributed by atoms with Crippen LogP contribution in [0.5, 0.6) is 0 Å². The number of hydrogen-bond acceptors (Lipinski definition) is 4. The predicted octanol–water partition coefficient (Wildman–Crippen LogP) is 2.47. The number of rotatable bonds is 7. The van der Waals surface area contributed by atoms with Crippen LogP contribution in [0.3, 0.4) is 0 Å². The van der Waals surface area contributed by atoms with Crippen molar-refractivity contribution in [1.82, 2.24) is 15.5 Å². The van der Waals surface area contributed by atoms with Crippen molar-refractivity contribution in [2.75, 3.05) is 13.2 Å². The summed E-state index contributed by atoms with van der Waals surface area (Å²) >= 11 is 5.61. The number of ether oxygens (including phenoxy) is 1. The standard InChI is InChI=1S/C15H16ClN3O2/c16-14-8-7-13(18-19-14)15(20)17-9-4-10-21-11-12-5-2-1-3-6-12/h1-3,5-8H,4,9-11H2,(H,17,20). The third kappa shape index (κ3) is 5.49. The molecule has 21 heavy (non-hydrogen) atoms. The third-order valence-corrected chi connectivity index (χ3v) is 2.93. The zero-order chi connectivity index (χ0) is 14.9. The molecule has 1 amide bonds. The second-order valence-electron chi connectivity index (χ2n) is 4.39. The van der Waals surface area contributed by atoms with Crippen molar-refractivity contribution in [1.29, 1.82) is 0 Å². The Balaban J connectivity index is 1.59. The highest BCUT2D eigenvalue weighted by atomic mass is 35.5. The molecule has 0 saturated heterocycles. The summed E-state index contributed by atoms with van der Waals surface area (Å²) in [5, 5.41) is 10.3. The van der Waals surface area contributed by atoms with Gasteiger partial charge in [-0.15, -0.1) is 10.2 Å². The summed E-state index contributed by atoms with van der Waals surface area (Å²) in [5.74, 6) is -0.262. The number of nitrogens with one attached hydrogen (secondary N) is 1. The van der Waals surface area contributed by atoms with Gasteiger partial charge in [-0.25, -0.2) is 0 Å². The summed E-state index contributed by atoms with van der Waals surface area (Å²) in [6, 6.07) is 13.0. The minimum atomic E-state index is -0.262. The van der Waals surface area contributed by atoms with Crippen LogP contribution in [-0.4, -0.2) is 29.3 Å². The van der Waals surface area contributed by atoms with Crippen molar-refractivity contribution in [3.05, 3.63) is 58.9 Å². The maximum absolute atomic E-state index is 11.7. The van der Waals surface area contributed by atoms with Gasteiger partial charge in [-0.05, 0) is 24.1 Å². The molecule has 1 heterocycles. The maximum Gasteiger partial charge on any atom is 0.271 e. The van der Waals surface area contributed by atoms with Crippen LogP contribution in [0.2, 0.25) is 5.15 Å². The van der Waals surface area contributed by atoms with Crippen molar-refractivity contribution in [3.8, 4) is 0 Å². The lowest BCUT2D eigenvalue weighted by Gasteiger charge is -2.06. The summed E-state index contributed by atoms with van der Waals surface area (Å²) in [5.41, 5.74) is 1.39. The molecule has 0 aliphatic rings. The fourth-order valence-corrected chi connectivity index (χ4v) is 1.77. The first-order chi connectivity index (χ1) is 10.3. The van der Waals surface area contributed by atoms with Crippen molar-refractivity contribution < 1.29 is 9.53 Å². The smallest absolute Gasteiger partial charge is 0.271 e. The molecule has 0 saturated carbocycles. The minimum absolute atomic E-state index is 0.254. The van der Waals surface area contributed by atoms with Crippen LogP contribution in [0.15, 0.2) is 42.5 Å². The van der Waals surface area contributed by atoms with E-state index in [-0.39, 0.29) is 16.8 Å². The highest BCUT2D eigenvalue weighted by Gasteiger charge is 2.06. The van der Waals surface area contributed by atoms with Gasteiger partial charge < -0.3 is 10.1 Å². The average Bonchev–Trinajstić information content (AvgIpc) is 2.52. The van der Waals surface area contributed by atoms with Gasteiger partial charge in [0.05, 0.1) is 6.61 Å². The molecule has 0 atom stereocenters. The molecule has 1 aromatic carbocycles. The Labute approximate surface area is 128 Å². The van der Waals surface area contributed by atoms with Gasteiger partial charge >= 0.3 is 0 Å². The van der Waals surface area contributed by atoms with Gasteiger partial charge in [0.25, 0.3) is 5.91 Å².